The Morgan fingerprint density at radius 3 is 2.25 bits per heavy atom. The Labute approximate surface area is 123 Å². The molecule has 0 fully saturated rings. The molecule has 1 aromatic rings. The van der Waals surface area contributed by atoms with Gasteiger partial charge in [-0.25, -0.2) is 0 Å². The minimum Gasteiger partial charge on any atom is -0.102 e. The molecule has 0 aliphatic rings. The number of benzene rings is 1. The van der Waals surface area contributed by atoms with Gasteiger partial charge < -0.3 is 0 Å². The lowest BCUT2D eigenvalue weighted by atomic mass is 9.75. The summed E-state index contributed by atoms with van der Waals surface area (Å²) in [4.78, 5) is 0. The molecule has 0 bridgehead atoms. The molecule has 1 rings (SSSR count). The fraction of sp³-hybridized carbons (Fsp3) is 0.200. The molecule has 0 aromatic heterocycles. The van der Waals surface area contributed by atoms with Crippen LogP contribution >= 0.6 is 0 Å². The summed E-state index contributed by atoms with van der Waals surface area (Å²) in [5, 5.41) is 0. The molecule has 20 heavy (non-hydrogen) atoms. The Kier molecular flexibility index (Phi) is 6.52. The Bertz CT molecular complexity index is 526. The average Bonchev–Trinajstić information content (AvgIpc) is 2.50. The van der Waals surface area contributed by atoms with Crippen molar-refractivity contribution in [2.45, 2.75) is 26.2 Å². The van der Waals surface area contributed by atoms with E-state index in [2.05, 4.69) is 62.1 Å². The molecule has 1 aromatic carbocycles. The van der Waals surface area contributed by atoms with Gasteiger partial charge in [0.25, 0.3) is 0 Å². The Hall–Kier alpha value is -2.08. The largest absolute Gasteiger partial charge is 0.102 e. The fourth-order valence-electron chi connectivity index (χ4n) is 2.10. The van der Waals surface area contributed by atoms with E-state index >= 15 is 0 Å². The highest BCUT2D eigenvalue weighted by atomic mass is 14.3. The predicted molar refractivity (Wildman–Crippen MR) is 90.8 cm³/mol. The van der Waals surface area contributed by atoms with E-state index in [0.29, 0.717) is 0 Å². The van der Waals surface area contributed by atoms with E-state index in [0.717, 1.165) is 0 Å². The zero-order valence-corrected chi connectivity index (χ0v) is 12.7. The molecule has 0 aliphatic heterocycles. The molecule has 0 nitrogen and oxygen atoms in total. The number of hydrogen-bond donors (Lipinski definition) is 0. The van der Waals surface area contributed by atoms with E-state index in [4.69, 9.17) is 0 Å². The van der Waals surface area contributed by atoms with Crippen molar-refractivity contribution in [2.75, 3.05) is 0 Å². The third-order valence-electron chi connectivity index (χ3n) is 3.42. The summed E-state index contributed by atoms with van der Waals surface area (Å²) in [7, 11) is 0. The van der Waals surface area contributed by atoms with Crippen LogP contribution in [0.5, 0.6) is 0 Å². The van der Waals surface area contributed by atoms with Gasteiger partial charge in [0.1, 0.15) is 0 Å². The first-order valence-corrected chi connectivity index (χ1v) is 7.01. The van der Waals surface area contributed by atoms with E-state index in [-0.39, 0.29) is 5.41 Å². The minimum atomic E-state index is -0.186. The highest BCUT2D eigenvalue weighted by molar-refractivity contribution is 5.46. The summed E-state index contributed by atoms with van der Waals surface area (Å²) in [5.74, 6) is 0. The molecule has 0 saturated carbocycles. The second kappa shape index (κ2) is 8.16. The quantitative estimate of drug-likeness (QED) is 0.452. The number of hydrogen-bond acceptors (Lipinski definition) is 0. The normalized spacial score (nSPS) is 16.1. The molecule has 0 heterocycles. The summed E-state index contributed by atoms with van der Waals surface area (Å²) in [6.07, 6.45) is 16.5. The molecule has 0 spiro atoms. The molecule has 1 atom stereocenters. The van der Waals surface area contributed by atoms with Crippen LogP contribution in [0.3, 0.4) is 0 Å². The van der Waals surface area contributed by atoms with Crippen LogP contribution in [-0.4, -0.2) is 0 Å². The van der Waals surface area contributed by atoms with Gasteiger partial charge in [-0.1, -0.05) is 78.9 Å². The summed E-state index contributed by atoms with van der Waals surface area (Å²) in [6.45, 7) is 10.3. The molecule has 0 heteroatoms. The summed E-state index contributed by atoms with van der Waals surface area (Å²) in [5.41, 5.74) is 2.29. The summed E-state index contributed by atoms with van der Waals surface area (Å²) < 4.78 is 0. The Morgan fingerprint density at radius 2 is 1.70 bits per heavy atom. The molecular formula is C20H24. The van der Waals surface area contributed by atoms with Crippen LogP contribution in [0.2, 0.25) is 0 Å². The van der Waals surface area contributed by atoms with E-state index in [1.807, 2.05) is 44.2 Å². The first kappa shape index (κ1) is 16.0. The first-order valence-electron chi connectivity index (χ1n) is 7.01. The average molecular weight is 264 g/mol. The second-order valence-corrected chi connectivity index (χ2v) is 4.81. The van der Waals surface area contributed by atoms with Crippen LogP contribution < -0.4 is 0 Å². The van der Waals surface area contributed by atoms with Gasteiger partial charge in [0.2, 0.25) is 0 Å². The van der Waals surface area contributed by atoms with Gasteiger partial charge in [-0.15, -0.1) is 6.58 Å². The van der Waals surface area contributed by atoms with Gasteiger partial charge in [0, 0.05) is 5.41 Å². The topological polar surface area (TPSA) is 0 Å². The molecule has 0 aliphatic carbocycles. The van der Waals surface area contributed by atoms with Crippen molar-refractivity contribution >= 4 is 0 Å². The van der Waals surface area contributed by atoms with Crippen LogP contribution in [0.1, 0.15) is 26.3 Å². The van der Waals surface area contributed by atoms with Crippen molar-refractivity contribution in [1.82, 2.24) is 0 Å². The molecule has 0 radical (unpaired) electrons. The van der Waals surface area contributed by atoms with Crippen LogP contribution in [0.4, 0.5) is 0 Å². The van der Waals surface area contributed by atoms with Crippen LogP contribution in [0, 0.1) is 0 Å². The van der Waals surface area contributed by atoms with E-state index < -0.39 is 0 Å². The Morgan fingerprint density at radius 1 is 1.00 bits per heavy atom. The summed E-state index contributed by atoms with van der Waals surface area (Å²) in [6, 6.07) is 10.5. The minimum absolute atomic E-state index is 0.186. The Balaban J connectivity index is 3.25. The number of rotatable bonds is 6. The smallest absolute Gasteiger partial charge is 0.0351 e. The predicted octanol–water partition coefficient (Wildman–Crippen LogP) is 5.77. The maximum atomic E-state index is 4.04. The first-order chi connectivity index (χ1) is 9.69. The molecule has 0 N–H and O–H groups in total. The van der Waals surface area contributed by atoms with Gasteiger partial charge in [0.05, 0.1) is 0 Å². The summed E-state index contributed by atoms with van der Waals surface area (Å²) >= 11 is 0. The highest BCUT2D eigenvalue weighted by Gasteiger charge is 2.25. The lowest BCUT2D eigenvalue weighted by molar-refractivity contribution is 0.724. The lowest BCUT2D eigenvalue weighted by Crippen LogP contribution is -2.20. The monoisotopic (exact) mass is 264 g/mol. The van der Waals surface area contributed by atoms with Gasteiger partial charge in [0.15, 0.2) is 0 Å². The van der Waals surface area contributed by atoms with Crippen molar-refractivity contribution in [3.05, 3.63) is 96.7 Å². The van der Waals surface area contributed by atoms with Crippen molar-refractivity contribution in [2.24, 2.45) is 0 Å². The maximum Gasteiger partial charge on any atom is 0.0351 e. The molecular weight excluding hydrogens is 240 g/mol. The molecule has 104 valence electrons. The standard InChI is InChI=1S/C20H24/c1-5-8-9-11-15-18(14-6-2)20(4,7-3)19-16-12-10-13-17-19/h5-17H,3H2,1-2,4H3/b8-5-,11-9-,14-6-,18-15-. The van der Waals surface area contributed by atoms with E-state index in [1.54, 1.807) is 0 Å². The van der Waals surface area contributed by atoms with E-state index in [9.17, 15) is 0 Å². The van der Waals surface area contributed by atoms with Crippen molar-refractivity contribution in [3.63, 3.8) is 0 Å². The van der Waals surface area contributed by atoms with Crippen LogP contribution in [-0.2, 0) is 5.41 Å². The van der Waals surface area contributed by atoms with Gasteiger partial charge in [-0.2, -0.15) is 0 Å². The highest BCUT2D eigenvalue weighted by Crippen LogP contribution is 2.34. The SMILES string of the molecule is C=CC(C)(C(/C=C\C)=C\C=C/C=C\C)c1ccccc1. The third-order valence-corrected chi connectivity index (χ3v) is 3.42. The number of allylic oxidation sites excluding steroid dienone is 9. The zero-order chi connectivity index (χ0) is 14.8. The van der Waals surface area contributed by atoms with E-state index in [1.165, 1.54) is 11.1 Å². The maximum absolute atomic E-state index is 4.04. The zero-order valence-electron chi connectivity index (χ0n) is 12.7. The van der Waals surface area contributed by atoms with Crippen LogP contribution in [0.25, 0.3) is 0 Å². The lowest BCUT2D eigenvalue weighted by Gasteiger charge is -2.28. The fourth-order valence-corrected chi connectivity index (χ4v) is 2.10. The molecule has 0 amide bonds. The molecule has 1 unspecified atom stereocenters. The molecule has 0 saturated heterocycles. The van der Waals surface area contributed by atoms with Crippen molar-refractivity contribution in [1.29, 1.82) is 0 Å². The second-order valence-electron chi connectivity index (χ2n) is 4.81. The van der Waals surface area contributed by atoms with Crippen LogP contribution in [0.15, 0.2) is 91.1 Å². The van der Waals surface area contributed by atoms with Gasteiger partial charge in [-0.3, -0.25) is 0 Å². The van der Waals surface area contributed by atoms with Crippen molar-refractivity contribution in [3.8, 4) is 0 Å². The third kappa shape index (κ3) is 3.96. The van der Waals surface area contributed by atoms with Crippen molar-refractivity contribution < 1.29 is 0 Å². The van der Waals surface area contributed by atoms with Gasteiger partial charge >= 0.3 is 0 Å². The van der Waals surface area contributed by atoms with Gasteiger partial charge in [-0.05, 0) is 31.9 Å².